The van der Waals surface area contributed by atoms with E-state index in [1.165, 1.54) is 18.2 Å². The first-order valence-corrected chi connectivity index (χ1v) is 6.93. The first-order chi connectivity index (χ1) is 9.99. The standard InChI is InChI=1S/C15H20FNO4/c1-3-7-11(15(19)20)17-14(18)12(4-2)21-13-9-6-5-8-10(13)16/h5-6,8-9,11-12H,3-4,7H2,1-2H3,(H,17,18)(H,19,20). The van der Waals surface area contributed by atoms with Crippen molar-refractivity contribution in [3.63, 3.8) is 0 Å². The van der Waals surface area contributed by atoms with Crippen molar-refractivity contribution in [3.8, 4) is 5.75 Å². The summed E-state index contributed by atoms with van der Waals surface area (Å²) in [4.78, 5) is 23.1. The topological polar surface area (TPSA) is 75.6 Å². The lowest BCUT2D eigenvalue weighted by molar-refractivity contribution is -0.143. The van der Waals surface area contributed by atoms with Crippen LogP contribution in [-0.2, 0) is 9.59 Å². The molecule has 21 heavy (non-hydrogen) atoms. The number of halogens is 1. The summed E-state index contributed by atoms with van der Waals surface area (Å²) in [5, 5.41) is 11.4. The Morgan fingerprint density at radius 2 is 2.00 bits per heavy atom. The number of carboxylic acids is 1. The largest absolute Gasteiger partial charge is 0.480 e. The van der Waals surface area contributed by atoms with Gasteiger partial charge in [0.1, 0.15) is 6.04 Å². The molecule has 1 rings (SSSR count). The summed E-state index contributed by atoms with van der Waals surface area (Å²) >= 11 is 0. The second kappa shape index (κ2) is 8.24. The lowest BCUT2D eigenvalue weighted by atomic mass is 10.1. The van der Waals surface area contributed by atoms with Crippen LogP contribution in [0.1, 0.15) is 33.1 Å². The lowest BCUT2D eigenvalue weighted by Crippen LogP contribution is -2.47. The maximum Gasteiger partial charge on any atom is 0.326 e. The van der Waals surface area contributed by atoms with Crippen LogP contribution in [0.25, 0.3) is 0 Å². The molecule has 1 amide bonds. The molecule has 2 N–H and O–H groups in total. The van der Waals surface area contributed by atoms with E-state index in [9.17, 15) is 14.0 Å². The number of carbonyl (C=O) groups excluding carboxylic acids is 1. The van der Waals surface area contributed by atoms with Gasteiger partial charge in [-0.25, -0.2) is 9.18 Å². The molecule has 2 unspecified atom stereocenters. The number of benzene rings is 1. The molecule has 0 aliphatic heterocycles. The quantitative estimate of drug-likeness (QED) is 0.772. The molecule has 0 aliphatic carbocycles. The van der Waals surface area contributed by atoms with Gasteiger partial charge in [0.05, 0.1) is 0 Å². The number of ether oxygens (including phenoxy) is 1. The molecule has 0 spiro atoms. The number of nitrogens with one attached hydrogen (secondary N) is 1. The van der Waals surface area contributed by atoms with E-state index in [1.54, 1.807) is 13.0 Å². The highest BCUT2D eigenvalue weighted by Gasteiger charge is 2.25. The zero-order chi connectivity index (χ0) is 15.8. The average molecular weight is 297 g/mol. The molecular weight excluding hydrogens is 277 g/mol. The second-order valence-corrected chi connectivity index (χ2v) is 4.63. The first kappa shape index (κ1) is 16.9. The third-order valence-electron chi connectivity index (χ3n) is 2.96. The van der Waals surface area contributed by atoms with E-state index in [1.807, 2.05) is 6.92 Å². The first-order valence-electron chi connectivity index (χ1n) is 6.93. The molecule has 1 aromatic rings. The van der Waals surface area contributed by atoms with Crippen LogP contribution in [0.15, 0.2) is 24.3 Å². The van der Waals surface area contributed by atoms with Crippen molar-refractivity contribution in [3.05, 3.63) is 30.1 Å². The van der Waals surface area contributed by atoms with Gasteiger partial charge in [-0.05, 0) is 25.0 Å². The Bertz CT molecular complexity index is 492. The highest BCUT2D eigenvalue weighted by molar-refractivity contribution is 5.86. The SMILES string of the molecule is CCCC(NC(=O)C(CC)Oc1ccccc1F)C(=O)O. The number of aliphatic carboxylic acids is 1. The van der Waals surface area contributed by atoms with E-state index in [0.717, 1.165) is 0 Å². The number of carbonyl (C=O) groups is 2. The molecular formula is C15H20FNO4. The predicted molar refractivity (Wildman–Crippen MR) is 75.6 cm³/mol. The monoisotopic (exact) mass is 297 g/mol. The van der Waals surface area contributed by atoms with Crippen LogP contribution >= 0.6 is 0 Å². The van der Waals surface area contributed by atoms with Crippen molar-refractivity contribution in [2.24, 2.45) is 0 Å². The van der Waals surface area contributed by atoms with Crippen LogP contribution in [0.2, 0.25) is 0 Å². The average Bonchev–Trinajstić information content (AvgIpc) is 2.45. The maximum absolute atomic E-state index is 13.5. The molecule has 0 bridgehead atoms. The minimum absolute atomic E-state index is 0.0260. The Hall–Kier alpha value is -2.11. The molecule has 0 fully saturated rings. The van der Waals surface area contributed by atoms with Crippen LogP contribution in [0.3, 0.4) is 0 Å². The molecule has 0 saturated carbocycles. The zero-order valence-corrected chi connectivity index (χ0v) is 12.1. The second-order valence-electron chi connectivity index (χ2n) is 4.63. The fourth-order valence-electron chi connectivity index (χ4n) is 1.83. The van der Waals surface area contributed by atoms with E-state index in [-0.39, 0.29) is 5.75 Å². The van der Waals surface area contributed by atoms with Gasteiger partial charge in [-0.15, -0.1) is 0 Å². The van der Waals surface area contributed by atoms with Crippen molar-refractivity contribution in [2.75, 3.05) is 0 Å². The van der Waals surface area contributed by atoms with Crippen LogP contribution < -0.4 is 10.1 Å². The van der Waals surface area contributed by atoms with Crippen molar-refractivity contribution in [1.29, 1.82) is 0 Å². The third-order valence-corrected chi connectivity index (χ3v) is 2.96. The molecule has 1 aromatic carbocycles. The van der Waals surface area contributed by atoms with Gasteiger partial charge in [-0.3, -0.25) is 4.79 Å². The summed E-state index contributed by atoms with van der Waals surface area (Å²) in [6, 6.07) is 4.81. The van der Waals surface area contributed by atoms with E-state index in [0.29, 0.717) is 19.3 Å². The van der Waals surface area contributed by atoms with Gasteiger partial charge in [0.25, 0.3) is 5.91 Å². The minimum Gasteiger partial charge on any atom is -0.480 e. The molecule has 0 aliphatic rings. The Morgan fingerprint density at radius 3 is 2.52 bits per heavy atom. The molecule has 2 atom stereocenters. The van der Waals surface area contributed by atoms with Crippen LogP contribution in [0.5, 0.6) is 5.75 Å². The lowest BCUT2D eigenvalue weighted by Gasteiger charge is -2.20. The number of hydrogen-bond donors (Lipinski definition) is 2. The molecule has 116 valence electrons. The number of amides is 1. The Labute approximate surface area is 123 Å². The molecule has 0 saturated heterocycles. The maximum atomic E-state index is 13.5. The van der Waals surface area contributed by atoms with E-state index in [4.69, 9.17) is 9.84 Å². The van der Waals surface area contributed by atoms with Crippen LogP contribution in [-0.4, -0.2) is 29.1 Å². The summed E-state index contributed by atoms with van der Waals surface area (Å²) in [6.07, 6.45) is 0.332. The molecule has 0 heterocycles. The summed E-state index contributed by atoms with van der Waals surface area (Å²) in [7, 11) is 0. The summed E-state index contributed by atoms with van der Waals surface area (Å²) in [6.45, 7) is 3.54. The number of rotatable bonds is 8. The fraction of sp³-hybridized carbons (Fsp3) is 0.467. The van der Waals surface area contributed by atoms with E-state index >= 15 is 0 Å². The molecule has 0 aromatic heterocycles. The summed E-state index contributed by atoms with van der Waals surface area (Å²) < 4.78 is 18.8. The van der Waals surface area contributed by atoms with E-state index < -0.39 is 29.8 Å². The van der Waals surface area contributed by atoms with Gasteiger partial charge in [0, 0.05) is 0 Å². The Kier molecular flexibility index (Phi) is 6.65. The number of hydrogen-bond acceptors (Lipinski definition) is 3. The molecule has 5 nitrogen and oxygen atoms in total. The number of carboxylic acid groups (broad SMARTS) is 1. The van der Waals surface area contributed by atoms with Gasteiger partial charge in [-0.2, -0.15) is 0 Å². The molecule has 6 heteroatoms. The third kappa shape index (κ3) is 5.06. The van der Waals surface area contributed by atoms with Gasteiger partial charge >= 0.3 is 5.97 Å². The summed E-state index contributed by atoms with van der Waals surface area (Å²) in [5.41, 5.74) is 0. The van der Waals surface area contributed by atoms with Crippen LogP contribution in [0.4, 0.5) is 4.39 Å². The van der Waals surface area contributed by atoms with Gasteiger partial charge in [0.15, 0.2) is 17.7 Å². The van der Waals surface area contributed by atoms with Gasteiger partial charge in [-0.1, -0.05) is 32.4 Å². The zero-order valence-electron chi connectivity index (χ0n) is 12.1. The highest BCUT2D eigenvalue weighted by Crippen LogP contribution is 2.18. The van der Waals surface area contributed by atoms with Crippen molar-refractivity contribution >= 4 is 11.9 Å². The van der Waals surface area contributed by atoms with Crippen LogP contribution in [0, 0.1) is 5.82 Å². The smallest absolute Gasteiger partial charge is 0.326 e. The Morgan fingerprint density at radius 1 is 1.33 bits per heavy atom. The predicted octanol–water partition coefficient (Wildman–Crippen LogP) is 2.35. The fourth-order valence-corrected chi connectivity index (χ4v) is 1.83. The van der Waals surface area contributed by atoms with E-state index in [2.05, 4.69) is 5.32 Å². The normalized spacial score (nSPS) is 13.3. The minimum atomic E-state index is -1.09. The van der Waals surface area contributed by atoms with Crippen molar-refractivity contribution < 1.29 is 23.8 Å². The van der Waals surface area contributed by atoms with Gasteiger partial charge < -0.3 is 15.2 Å². The summed E-state index contributed by atoms with van der Waals surface area (Å²) in [5.74, 6) is -2.23. The highest BCUT2D eigenvalue weighted by atomic mass is 19.1. The van der Waals surface area contributed by atoms with Crippen molar-refractivity contribution in [2.45, 2.75) is 45.3 Å². The van der Waals surface area contributed by atoms with Gasteiger partial charge in [0.2, 0.25) is 0 Å². The molecule has 0 radical (unpaired) electrons. The number of para-hydroxylation sites is 1. The van der Waals surface area contributed by atoms with Crippen molar-refractivity contribution in [1.82, 2.24) is 5.32 Å². The Balaban J connectivity index is 2.73.